The molecule has 0 saturated carbocycles. The summed E-state index contributed by atoms with van der Waals surface area (Å²) in [5, 5.41) is 6.03. The first-order valence-electron chi connectivity index (χ1n) is 5.96. The van der Waals surface area contributed by atoms with E-state index in [2.05, 4.69) is 10.6 Å². The molecule has 17 heavy (non-hydrogen) atoms. The van der Waals surface area contributed by atoms with E-state index < -0.39 is 5.60 Å². The summed E-state index contributed by atoms with van der Waals surface area (Å²) >= 11 is 0. The van der Waals surface area contributed by atoms with Gasteiger partial charge in [-0.1, -0.05) is 0 Å². The molecule has 1 amide bonds. The summed E-state index contributed by atoms with van der Waals surface area (Å²) in [6, 6.07) is 0.284. The van der Waals surface area contributed by atoms with Crippen LogP contribution in [0.5, 0.6) is 0 Å². The van der Waals surface area contributed by atoms with Crippen molar-refractivity contribution in [3.63, 3.8) is 0 Å². The summed E-state index contributed by atoms with van der Waals surface area (Å²) in [7, 11) is 1.67. The summed E-state index contributed by atoms with van der Waals surface area (Å²) in [4.78, 5) is 11.5. The van der Waals surface area contributed by atoms with E-state index in [1.54, 1.807) is 7.11 Å². The van der Waals surface area contributed by atoms with Crippen LogP contribution in [0, 0.1) is 0 Å². The maximum absolute atomic E-state index is 11.5. The van der Waals surface area contributed by atoms with Gasteiger partial charge in [0.1, 0.15) is 5.60 Å². The van der Waals surface area contributed by atoms with E-state index in [0.717, 1.165) is 0 Å². The second-order valence-electron chi connectivity index (χ2n) is 5.31. The average Bonchev–Trinajstić information content (AvgIpc) is 2.12. The molecule has 2 atom stereocenters. The third kappa shape index (κ3) is 10.1. The molecule has 5 heteroatoms. The highest BCUT2D eigenvalue weighted by Crippen LogP contribution is 2.06. The quantitative estimate of drug-likeness (QED) is 0.746. The molecular weight excluding hydrogens is 220 g/mol. The van der Waals surface area contributed by atoms with E-state index in [1.807, 2.05) is 34.6 Å². The molecule has 2 unspecified atom stereocenters. The minimum absolute atomic E-state index is 0.0177. The van der Waals surface area contributed by atoms with Crippen molar-refractivity contribution >= 4 is 6.09 Å². The SMILES string of the molecule is COCC(C)NCC(C)NC(=O)OC(C)(C)C. The molecule has 0 saturated heterocycles. The zero-order valence-corrected chi connectivity index (χ0v) is 11.8. The molecular formula is C12H26N2O3. The van der Waals surface area contributed by atoms with Gasteiger partial charge in [-0.2, -0.15) is 0 Å². The largest absolute Gasteiger partial charge is 0.444 e. The van der Waals surface area contributed by atoms with Crippen molar-refractivity contribution in [1.29, 1.82) is 0 Å². The Bertz CT molecular complexity index is 226. The van der Waals surface area contributed by atoms with Gasteiger partial charge in [-0.25, -0.2) is 4.79 Å². The number of alkyl carbamates (subject to hydrolysis) is 1. The van der Waals surface area contributed by atoms with Crippen LogP contribution < -0.4 is 10.6 Å². The fourth-order valence-electron chi connectivity index (χ4n) is 1.25. The van der Waals surface area contributed by atoms with Crippen molar-refractivity contribution in [3.8, 4) is 0 Å². The Balaban J connectivity index is 3.78. The number of carbonyl (C=O) groups is 1. The van der Waals surface area contributed by atoms with Crippen molar-refractivity contribution in [2.24, 2.45) is 0 Å². The molecule has 0 aliphatic heterocycles. The van der Waals surface area contributed by atoms with E-state index in [4.69, 9.17) is 9.47 Å². The summed E-state index contributed by atoms with van der Waals surface area (Å²) in [6.07, 6.45) is -0.383. The minimum atomic E-state index is -0.458. The summed E-state index contributed by atoms with van der Waals surface area (Å²) in [5.74, 6) is 0. The lowest BCUT2D eigenvalue weighted by Crippen LogP contribution is -2.45. The van der Waals surface area contributed by atoms with E-state index in [9.17, 15) is 4.79 Å². The highest BCUT2D eigenvalue weighted by atomic mass is 16.6. The van der Waals surface area contributed by atoms with Gasteiger partial charge in [0.05, 0.1) is 6.61 Å². The normalized spacial score (nSPS) is 15.2. The Hall–Kier alpha value is -0.810. The first-order valence-corrected chi connectivity index (χ1v) is 5.96. The number of amides is 1. The lowest BCUT2D eigenvalue weighted by atomic mass is 10.2. The molecule has 0 fully saturated rings. The highest BCUT2D eigenvalue weighted by molar-refractivity contribution is 5.68. The van der Waals surface area contributed by atoms with Gasteiger partial charge in [-0.05, 0) is 34.6 Å². The Morgan fingerprint density at radius 2 is 1.82 bits per heavy atom. The Kier molecular flexibility index (Phi) is 7.15. The smallest absolute Gasteiger partial charge is 0.407 e. The van der Waals surface area contributed by atoms with Crippen LogP contribution in [0.3, 0.4) is 0 Å². The second kappa shape index (κ2) is 7.50. The summed E-state index contributed by atoms with van der Waals surface area (Å²) < 4.78 is 10.2. The van der Waals surface area contributed by atoms with Crippen LogP contribution in [-0.2, 0) is 9.47 Å². The lowest BCUT2D eigenvalue weighted by molar-refractivity contribution is 0.0507. The number of hydrogen-bond acceptors (Lipinski definition) is 4. The Morgan fingerprint density at radius 1 is 1.24 bits per heavy atom. The summed E-state index contributed by atoms with van der Waals surface area (Å²) in [5.41, 5.74) is -0.458. The van der Waals surface area contributed by atoms with Gasteiger partial charge in [0, 0.05) is 25.7 Å². The molecule has 0 heterocycles. The molecule has 0 rings (SSSR count). The van der Waals surface area contributed by atoms with Crippen molar-refractivity contribution in [1.82, 2.24) is 10.6 Å². The summed E-state index contributed by atoms with van der Waals surface area (Å²) in [6.45, 7) is 10.8. The van der Waals surface area contributed by atoms with Crippen LogP contribution in [-0.4, -0.2) is 44.0 Å². The zero-order valence-electron chi connectivity index (χ0n) is 11.8. The molecule has 0 aliphatic rings. The molecule has 0 aliphatic carbocycles. The maximum atomic E-state index is 11.5. The minimum Gasteiger partial charge on any atom is -0.444 e. The number of methoxy groups -OCH3 is 1. The van der Waals surface area contributed by atoms with Crippen molar-refractivity contribution in [2.45, 2.75) is 52.3 Å². The van der Waals surface area contributed by atoms with Gasteiger partial charge < -0.3 is 20.1 Å². The van der Waals surface area contributed by atoms with E-state index in [1.165, 1.54) is 0 Å². The van der Waals surface area contributed by atoms with E-state index >= 15 is 0 Å². The fraction of sp³-hybridized carbons (Fsp3) is 0.917. The molecule has 0 bridgehead atoms. The predicted molar refractivity (Wildman–Crippen MR) is 68.2 cm³/mol. The van der Waals surface area contributed by atoms with E-state index in [-0.39, 0.29) is 18.2 Å². The van der Waals surface area contributed by atoms with Gasteiger partial charge in [0.15, 0.2) is 0 Å². The molecule has 0 aromatic heterocycles. The number of rotatable bonds is 6. The third-order valence-electron chi connectivity index (χ3n) is 1.95. The Morgan fingerprint density at radius 3 is 2.29 bits per heavy atom. The molecule has 102 valence electrons. The van der Waals surface area contributed by atoms with Crippen molar-refractivity contribution in [3.05, 3.63) is 0 Å². The first kappa shape index (κ1) is 16.2. The maximum Gasteiger partial charge on any atom is 0.407 e. The molecule has 0 spiro atoms. The second-order valence-corrected chi connectivity index (χ2v) is 5.31. The predicted octanol–water partition coefficient (Wildman–Crippen LogP) is 1.52. The number of carbonyl (C=O) groups excluding carboxylic acids is 1. The van der Waals surface area contributed by atoms with Gasteiger partial charge in [-0.3, -0.25) is 0 Å². The molecule has 0 aromatic carbocycles. The lowest BCUT2D eigenvalue weighted by Gasteiger charge is -2.23. The van der Waals surface area contributed by atoms with Crippen molar-refractivity contribution in [2.75, 3.05) is 20.3 Å². The van der Waals surface area contributed by atoms with Gasteiger partial charge >= 0.3 is 6.09 Å². The van der Waals surface area contributed by atoms with Crippen LogP contribution >= 0.6 is 0 Å². The van der Waals surface area contributed by atoms with Crippen LogP contribution in [0.2, 0.25) is 0 Å². The standard InChI is InChI=1S/C12H26N2O3/c1-9(7-13-10(2)8-16-6)14-11(15)17-12(3,4)5/h9-10,13H,7-8H2,1-6H3,(H,14,15). The highest BCUT2D eigenvalue weighted by Gasteiger charge is 2.17. The molecule has 0 aromatic rings. The first-order chi connectivity index (χ1) is 7.74. The Labute approximate surface area is 104 Å². The van der Waals surface area contributed by atoms with Crippen LogP contribution in [0.15, 0.2) is 0 Å². The zero-order chi connectivity index (χ0) is 13.5. The van der Waals surface area contributed by atoms with E-state index in [0.29, 0.717) is 13.2 Å². The fourth-order valence-corrected chi connectivity index (χ4v) is 1.25. The topological polar surface area (TPSA) is 59.6 Å². The monoisotopic (exact) mass is 246 g/mol. The third-order valence-corrected chi connectivity index (χ3v) is 1.95. The number of hydrogen-bond donors (Lipinski definition) is 2. The van der Waals surface area contributed by atoms with Gasteiger partial charge in [0.25, 0.3) is 0 Å². The number of nitrogens with one attached hydrogen (secondary N) is 2. The van der Waals surface area contributed by atoms with Gasteiger partial charge in [-0.15, -0.1) is 0 Å². The molecule has 5 nitrogen and oxygen atoms in total. The van der Waals surface area contributed by atoms with Crippen LogP contribution in [0.4, 0.5) is 4.79 Å². The number of ether oxygens (including phenoxy) is 2. The van der Waals surface area contributed by atoms with Gasteiger partial charge in [0.2, 0.25) is 0 Å². The van der Waals surface area contributed by atoms with Crippen LogP contribution in [0.25, 0.3) is 0 Å². The van der Waals surface area contributed by atoms with Crippen LogP contribution in [0.1, 0.15) is 34.6 Å². The molecule has 2 N–H and O–H groups in total. The molecule has 0 radical (unpaired) electrons. The average molecular weight is 246 g/mol. The van der Waals surface area contributed by atoms with Crippen molar-refractivity contribution < 1.29 is 14.3 Å².